The van der Waals surface area contributed by atoms with Gasteiger partial charge in [0.25, 0.3) is 5.69 Å². The molecule has 2 rings (SSSR count). The zero-order chi connectivity index (χ0) is 13.7. The second-order valence-electron chi connectivity index (χ2n) is 3.78. The quantitative estimate of drug-likeness (QED) is 0.755. The molecule has 0 N–H and O–H groups in total. The van der Waals surface area contributed by atoms with Crippen molar-refractivity contribution in [3.63, 3.8) is 0 Å². The van der Waals surface area contributed by atoms with Crippen molar-refractivity contribution in [3.05, 3.63) is 27.2 Å². The average molecular weight is 323 g/mol. The predicted molar refractivity (Wildman–Crippen MR) is 62.6 cm³/mol. The molecule has 1 heterocycles. The number of aryl methyl sites for hydroxylation is 1. The monoisotopic (exact) mass is 322 g/mol. The SMILES string of the molecule is Cn1ncc2c([N+](C)=O)c(Br)c(C(F)(F)F)cc21. The lowest BCUT2D eigenvalue weighted by Crippen LogP contribution is -2.08. The molecule has 0 aliphatic carbocycles. The third-order valence-electron chi connectivity index (χ3n) is 2.59. The Kier molecular flexibility index (Phi) is 2.92. The van der Waals surface area contributed by atoms with E-state index in [1.54, 1.807) is 0 Å². The maximum Gasteiger partial charge on any atom is 0.417 e. The minimum absolute atomic E-state index is 0.0760. The van der Waals surface area contributed by atoms with Crippen LogP contribution >= 0.6 is 15.9 Å². The van der Waals surface area contributed by atoms with Crippen molar-refractivity contribution in [3.8, 4) is 0 Å². The number of hydrogen-bond acceptors (Lipinski definition) is 2. The van der Waals surface area contributed by atoms with E-state index in [1.807, 2.05) is 0 Å². The first kappa shape index (κ1) is 13.0. The Bertz CT molecular complexity index is 648. The van der Waals surface area contributed by atoms with E-state index in [-0.39, 0.29) is 15.7 Å². The highest BCUT2D eigenvalue weighted by Gasteiger charge is 2.38. The van der Waals surface area contributed by atoms with Crippen LogP contribution in [0.3, 0.4) is 0 Å². The third kappa shape index (κ3) is 1.90. The lowest BCUT2D eigenvalue weighted by atomic mass is 10.1. The zero-order valence-electron chi connectivity index (χ0n) is 9.42. The molecular weight excluding hydrogens is 315 g/mol. The Hall–Kier alpha value is -1.44. The van der Waals surface area contributed by atoms with Crippen molar-refractivity contribution < 1.29 is 17.9 Å². The molecule has 0 aliphatic heterocycles. The van der Waals surface area contributed by atoms with Crippen LogP contribution in [0.25, 0.3) is 10.9 Å². The predicted octanol–water partition coefficient (Wildman–Crippen LogP) is 3.39. The van der Waals surface area contributed by atoms with Gasteiger partial charge in [-0.05, 0) is 22.0 Å². The van der Waals surface area contributed by atoms with E-state index < -0.39 is 11.7 Å². The van der Waals surface area contributed by atoms with Gasteiger partial charge in [0, 0.05) is 16.7 Å². The Morgan fingerprint density at radius 2 is 2.06 bits per heavy atom. The fourth-order valence-electron chi connectivity index (χ4n) is 1.76. The highest BCUT2D eigenvalue weighted by molar-refractivity contribution is 9.10. The molecule has 0 fully saturated rings. The molecule has 0 unspecified atom stereocenters. The van der Waals surface area contributed by atoms with Crippen molar-refractivity contribution in [2.75, 3.05) is 7.05 Å². The van der Waals surface area contributed by atoms with Gasteiger partial charge in [-0.25, -0.2) is 0 Å². The van der Waals surface area contributed by atoms with Crippen LogP contribution in [0.15, 0.2) is 16.7 Å². The van der Waals surface area contributed by atoms with Gasteiger partial charge < -0.3 is 0 Å². The molecule has 0 radical (unpaired) electrons. The largest absolute Gasteiger partial charge is 0.417 e. The molecule has 8 heteroatoms. The second-order valence-corrected chi connectivity index (χ2v) is 4.58. The summed E-state index contributed by atoms with van der Waals surface area (Å²) in [6.07, 6.45) is -3.17. The number of benzene rings is 1. The second kappa shape index (κ2) is 4.04. The highest BCUT2D eigenvalue weighted by atomic mass is 79.9. The summed E-state index contributed by atoms with van der Waals surface area (Å²) in [5, 5.41) is 4.24. The van der Waals surface area contributed by atoms with Crippen LogP contribution in [0.4, 0.5) is 18.9 Å². The summed E-state index contributed by atoms with van der Waals surface area (Å²) in [4.78, 5) is 11.5. The minimum atomic E-state index is -4.54. The van der Waals surface area contributed by atoms with Crippen molar-refractivity contribution in [1.29, 1.82) is 0 Å². The van der Waals surface area contributed by atoms with Crippen LogP contribution in [0, 0.1) is 4.91 Å². The Morgan fingerprint density at radius 3 is 2.56 bits per heavy atom. The highest BCUT2D eigenvalue weighted by Crippen LogP contribution is 2.43. The average Bonchev–Trinajstić information content (AvgIpc) is 2.57. The first-order chi connectivity index (χ1) is 8.23. The molecule has 0 saturated heterocycles. The van der Waals surface area contributed by atoms with Crippen molar-refractivity contribution in [2.45, 2.75) is 6.18 Å². The third-order valence-corrected chi connectivity index (χ3v) is 3.39. The standard InChI is InChI=1S/C10H8BrF3N3O/c1-16-7-3-6(10(12,13)14)8(11)9(17(2)18)5(7)4-15-16/h3-4H,1-2H3/q+1. The molecule has 0 saturated carbocycles. The van der Waals surface area contributed by atoms with Crippen LogP contribution in [0.1, 0.15) is 5.56 Å². The van der Waals surface area contributed by atoms with Gasteiger partial charge >= 0.3 is 6.18 Å². The molecule has 0 bridgehead atoms. The molecular formula is C10H8BrF3N3O+. The molecule has 1 aromatic carbocycles. The van der Waals surface area contributed by atoms with Crippen molar-refractivity contribution >= 4 is 32.5 Å². The lowest BCUT2D eigenvalue weighted by molar-refractivity contribution is -0.427. The summed E-state index contributed by atoms with van der Waals surface area (Å²) in [6, 6.07) is 0.972. The van der Waals surface area contributed by atoms with E-state index >= 15 is 0 Å². The Morgan fingerprint density at radius 1 is 1.44 bits per heavy atom. The van der Waals surface area contributed by atoms with Crippen molar-refractivity contribution in [1.82, 2.24) is 9.78 Å². The van der Waals surface area contributed by atoms with E-state index in [0.717, 1.165) is 13.1 Å². The first-order valence-corrected chi connectivity index (χ1v) is 5.65. The van der Waals surface area contributed by atoms with Gasteiger partial charge in [-0.15, -0.1) is 0 Å². The summed E-state index contributed by atoms with van der Waals surface area (Å²) in [6.45, 7) is 0. The Labute approximate surface area is 108 Å². The summed E-state index contributed by atoms with van der Waals surface area (Å²) in [5.41, 5.74) is -0.715. The van der Waals surface area contributed by atoms with Crippen LogP contribution < -0.4 is 0 Å². The van der Waals surface area contributed by atoms with Crippen LogP contribution in [0.2, 0.25) is 0 Å². The van der Waals surface area contributed by atoms with E-state index in [0.29, 0.717) is 10.1 Å². The smallest absolute Gasteiger partial charge is 0.268 e. The fraction of sp³-hybridized carbons (Fsp3) is 0.300. The number of rotatable bonds is 1. The van der Waals surface area contributed by atoms with E-state index in [4.69, 9.17) is 0 Å². The number of hydrogen-bond donors (Lipinski definition) is 0. The van der Waals surface area contributed by atoms with Gasteiger partial charge in [0.05, 0.1) is 22.7 Å². The van der Waals surface area contributed by atoms with Gasteiger partial charge in [0.1, 0.15) is 4.47 Å². The van der Waals surface area contributed by atoms with Gasteiger partial charge in [-0.2, -0.15) is 18.3 Å². The fourth-order valence-corrected chi connectivity index (χ4v) is 2.56. The molecule has 96 valence electrons. The number of nitroso groups, excluding NO2 is 1. The summed E-state index contributed by atoms with van der Waals surface area (Å²) in [5.74, 6) is 0. The lowest BCUT2D eigenvalue weighted by Gasteiger charge is -2.09. The first-order valence-electron chi connectivity index (χ1n) is 4.85. The topological polar surface area (TPSA) is 37.9 Å². The normalized spacial score (nSPS) is 12.1. The molecule has 0 spiro atoms. The summed E-state index contributed by atoms with van der Waals surface area (Å²) < 4.78 is 40.1. The van der Waals surface area contributed by atoms with Crippen LogP contribution in [0.5, 0.6) is 0 Å². The summed E-state index contributed by atoms with van der Waals surface area (Å²) in [7, 11) is 2.66. The van der Waals surface area contributed by atoms with Crippen molar-refractivity contribution in [2.24, 2.45) is 7.05 Å². The Balaban J connectivity index is 2.95. The van der Waals surface area contributed by atoms with E-state index in [9.17, 15) is 18.1 Å². The molecule has 2 aromatic rings. The van der Waals surface area contributed by atoms with Gasteiger partial charge in [-0.3, -0.25) is 4.68 Å². The van der Waals surface area contributed by atoms with Crippen LogP contribution in [-0.2, 0) is 13.2 Å². The number of aromatic nitrogens is 2. The molecule has 0 aliphatic rings. The van der Waals surface area contributed by atoms with E-state index in [1.165, 1.54) is 17.9 Å². The molecule has 0 atom stereocenters. The van der Waals surface area contributed by atoms with Gasteiger partial charge in [0.15, 0.2) is 7.05 Å². The molecule has 4 nitrogen and oxygen atoms in total. The minimum Gasteiger partial charge on any atom is -0.268 e. The molecule has 1 aromatic heterocycles. The van der Waals surface area contributed by atoms with Gasteiger partial charge in [0.2, 0.25) is 0 Å². The maximum atomic E-state index is 12.9. The number of nitrogens with zero attached hydrogens (tertiary/aromatic N) is 3. The number of alkyl halides is 3. The number of halogens is 4. The van der Waals surface area contributed by atoms with E-state index in [2.05, 4.69) is 21.0 Å². The number of fused-ring (bicyclic) bond motifs is 1. The molecule has 0 amide bonds. The maximum absolute atomic E-state index is 12.9. The summed E-state index contributed by atoms with van der Waals surface area (Å²) >= 11 is 2.85. The molecule has 18 heavy (non-hydrogen) atoms. The van der Waals surface area contributed by atoms with Gasteiger partial charge in [-0.1, -0.05) is 0 Å². The zero-order valence-corrected chi connectivity index (χ0v) is 11.0. The van der Waals surface area contributed by atoms with Crippen LogP contribution in [-0.4, -0.2) is 21.6 Å².